The molecule has 6 heteroatoms. The van der Waals surface area contributed by atoms with E-state index in [2.05, 4.69) is 29.1 Å². The van der Waals surface area contributed by atoms with E-state index in [4.69, 9.17) is 4.74 Å². The highest BCUT2D eigenvalue weighted by Crippen LogP contribution is 2.32. The molecule has 1 unspecified atom stereocenters. The lowest BCUT2D eigenvalue weighted by atomic mass is 9.84. The van der Waals surface area contributed by atoms with Crippen molar-refractivity contribution in [1.82, 2.24) is 10.6 Å². The minimum Gasteiger partial charge on any atom is -0.396 e. The number of rotatable bonds is 10. The Kier molecular flexibility index (Phi) is 9.54. The first-order valence-electron chi connectivity index (χ1n) is 7.66. The molecule has 3 N–H and O–H groups in total. The van der Waals surface area contributed by atoms with Crippen LogP contribution in [0.5, 0.6) is 0 Å². The van der Waals surface area contributed by atoms with E-state index in [1.807, 2.05) is 17.8 Å². The third-order valence-electron chi connectivity index (χ3n) is 3.52. The molecule has 0 aromatic rings. The van der Waals surface area contributed by atoms with Crippen LogP contribution in [0.25, 0.3) is 0 Å². The zero-order valence-electron chi connectivity index (χ0n) is 13.1. The maximum atomic E-state index is 9.24. The van der Waals surface area contributed by atoms with Gasteiger partial charge in [0.15, 0.2) is 5.96 Å². The Morgan fingerprint density at radius 2 is 2.38 bits per heavy atom. The Balaban J connectivity index is 2.43. The third-order valence-corrected chi connectivity index (χ3v) is 4.48. The van der Waals surface area contributed by atoms with Crippen LogP contribution in [0, 0.1) is 5.41 Å². The quantitative estimate of drug-likeness (QED) is 0.245. The largest absolute Gasteiger partial charge is 0.396 e. The van der Waals surface area contributed by atoms with Gasteiger partial charge in [0.2, 0.25) is 0 Å². The summed E-state index contributed by atoms with van der Waals surface area (Å²) in [4.78, 5) is 4.68. The van der Waals surface area contributed by atoms with Gasteiger partial charge in [0.25, 0.3) is 0 Å². The van der Waals surface area contributed by atoms with E-state index < -0.39 is 0 Å². The SMILES string of the molecule is C=CCSCCNC(=NCC1(CCO)CCOC1)NCC. The fraction of sp³-hybridized carbons (Fsp3) is 0.800. The molecule has 0 bridgehead atoms. The second kappa shape index (κ2) is 10.9. The summed E-state index contributed by atoms with van der Waals surface area (Å²) in [6.45, 7) is 9.87. The van der Waals surface area contributed by atoms with Gasteiger partial charge in [0, 0.05) is 43.2 Å². The van der Waals surface area contributed by atoms with Crippen molar-refractivity contribution in [3.05, 3.63) is 12.7 Å². The molecule has 0 aliphatic carbocycles. The molecule has 0 spiro atoms. The molecule has 1 aliphatic rings. The summed E-state index contributed by atoms with van der Waals surface area (Å²) in [5.74, 6) is 2.86. The summed E-state index contributed by atoms with van der Waals surface area (Å²) in [5, 5.41) is 15.8. The smallest absolute Gasteiger partial charge is 0.191 e. The molecule has 0 saturated carbocycles. The third kappa shape index (κ3) is 7.20. The monoisotopic (exact) mass is 315 g/mol. The number of hydrogen-bond acceptors (Lipinski definition) is 4. The first kappa shape index (κ1) is 18.3. The van der Waals surface area contributed by atoms with Crippen LogP contribution in [-0.4, -0.2) is 62.0 Å². The fourth-order valence-electron chi connectivity index (χ4n) is 2.28. The Morgan fingerprint density at radius 1 is 1.52 bits per heavy atom. The lowest BCUT2D eigenvalue weighted by Gasteiger charge is -2.24. The van der Waals surface area contributed by atoms with Crippen LogP contribution in [-0.2, 0) is 4.74 Å². The highest BCUT2D eigenvalue weighted by Gasteiger charge is 2.34. The van der Waals surface area contributed by atoms with Gasteiger partial charge >= 0.3 is 0 Å². The molecule has 21 heavy (non-hydrogen) atoms. The van der Waals surface area contributed by atoms with E-state index in [0.29, 0.717) is 13.2 Å². The number of ether oxygens (including phenoxy) is 1. The summed E-state index contributed by atoms with van der Waals surface area (Å²) in [6, 6.07) is 0. The number of aliphatic hydroxyl groups excluding tert-OH is 1. The van der Waals surface area contributed by atoms with Crippen molar-refractivity contribution in [3.8, 4) is 0 Å². The van der Waals surface area contributed by atoms with Crippen molar-refractivity contribution in [2.45, 2.75) is 19.8 Å². The van der Waals surface area contributed by atoms with Gasteiger partial charge in [0.1, 0.15) is 0 Å². The van der Waals surface area contributed by atoms with E-state index >= 15 is 0 Å². The Labute approximate surface area is 132 Å². The molecule has 1 fully saturated rings. The molecule has 1 rings (SSSR count). The topological polar surface area (TPSA) is 65.9 Å². The van der Waals surface area contributed by atoms with E-state index in [-0.39, 0.29) is 12.0 Å². The minimum absolute atomic E-state index is 0.00862. The van der Waals surface area contributed by atoms with Gasteiger partial charge < -0.3 is 20.5 Å². The van der Waals surface area contributed by atoms with Crippen molar-refractivity contribution < 1.29 is 9.84 Å². The zero-order chi connectivity index (χ0) is 15.4. The number of guanidine groups is 1. The lowest BCUT2D eigenvalue weighted by molar-refractivity contribution is 0.131. The highest BCUT2D eigenvalue weighted by molar-refractivity contribution is 7.99. The summed E-state index contributed by atoms with van der Waals surface area (Å²) in [7, 11) is 0. The molecule has 122 valence electrons. The maximum absolute atomic E-state index is 9.24. The molecule has 1 atom stereocenters. The average molecular weight is 315 g/mol. The summed E-state index contributed by atoms with van der Waals surface area (Å²) in [6.07, 6.45) is 3.65. The van der Waals surface area contributed by atoms with Crippen LogP contribution in [0.15, 0.2) is 17.6 Å². The van der Waals surface area contributed by atoms with Crippen molar-refractivity contribution in [2.75, 3.05) is 51.0 Å². The predicted octanol–water partition coefficient (Wildman–Crippen LogP) is 1.25. The molecule has 5 nitrogen and oxygen atoms in total. The van der Waals surface area contributed by atoms with Gasteiger partial charge in [-0.15, -0.1) is 6.58 Å². The predicted molar refractivity (Wildman–Crippen MR) is 91.1 cm³/mol. The van der Waals surface area contributed by atoms with Crippen LogP contribution in [0.4, 0.5) is 0 Å². The molecular formula is C15H29N3O2S. The molecule has 0 amide bonds. The summed E-state index contributed by atoms with van der Waals surface area (Å²) in [5.41, 5.74) is 0.00862. The number of hydrogen-bond donors (Lipinski definition) is 3. The molecule has 0 radical (unpaired) electrons. The maximum Gasteiger partial charge on any atom is 0.191 e. The number of nitrogens with one attached hydrogen (secondary N) is 2. The fourth-order valence-corrected chi connectivity index (χ4v) is 2.86. The van der Waals surface area contributed by atoms with Crippen molar-refractivity contribution in [1.29, 1.82) is 0 Å². The number of thioether (sulfide) groups is 1. The van der Waals surface area contributed by atoms with Crippen molar-refractivity contribution in [3.63, 3.8) is 0 Å². The molecule has 1 saturated heterocycles. The van der Waals surface area contributed by atoms with E-state index in [9.17, 15) is 5.11 Å². The van der Waals surface area contributed by atoms with Crippen LogP contribution < -0.4 is 10.6 Å². The normalized spacial score (nSPS) is 22.3. The Morgan fingerprint density at radius 3 is 3.00 bits per heavy atom. The van der Waals surface area contributed by atoms with Gasteiger partial charge in [-0.05, 0) is 19.8 Å². The van der Waals surface area contributed by atoms with Gasteiger partial charge in [-0.3, -0.25) is 4.99 Å². The van der Waals surface area contributed by atoms with E-state index in [0.717, 1.165) is 50.0 Å². The Bertz CT molecular complexity index is 318. The molecular weight excluding hydrogens is 286 g/mol. The molecule has 0 aromatic carbocycles. The van der Waals surface area contributed by atoms with E-state index in [1.54, 1.807) is 0 Å². The number of aliphatic imine (C=N–C) groups is 1. The van der Waals surface area contributed by atoms with Gasteiger partial charge in [-0.25, -0.2) is 0 Å². The van der Waals surface area contributed by atoms with Gasteiger partial charge in [-0.2, -0.15) is 11.8 Å². The second-order valence-corrected chi connectivity index (χ2v) is 6.41. The number of aliphatic hydroxyl groups is 1. The zero-order valence-corrected chi connectivity index (χ0v) is 13.9. The van der Waals surface area contributed by atoms with Crippen molar-refractivity contribution >= 4 is 17.7 Å². The van der Waals surface area contributed by atoms with Crippen molar-refractivity contribution in [2.24, 2.45) is 10.4 Å². The average Bonchev–Trinajstić information content (AvgIpc) is 2.94. The summed E-state index contributed by atoms with van der Waals surface area (Å²) >= 11 is 1.85. The van der Waals surface area contributed by atoms with Gasteiger partial charge in [0.05, 0.1) is 13.2 Å². The minimum atomic E-state index is 0.00862. The summed E-state index contributed by atoms with van der Waals surface area (Å²) < 4.78 is 5.50. The second-order valence-electron chi connectivity index (χ2n) is 5.26. The Hall–Kier alpha value is -0.720. The van der Waals surface area contributed by atoms with Crippen LogP contribution in [0.3, 0.4) is 0 Å². The molecule has 1 aliphatic heterocycles. The standard InChI is InChI=1S/C15H29N3O2S/c1-3-10-21-11-7-17-14(16-4-2)18-12-15(5-8-19)6-9-20-13-15/h3,19H,1,4-13H2,2H3,(H2,16,17,18). The number of nitrogens with zero attached hydrogens (tertiary/aromatic N) is 1. The lowest BCUT2D eigenvalue weighted by Crippen LogP contribution is -2.39. The first-order valence-corrected chi connectivity index (χ1v) is 8.81. The van der Waals surface area contributed by atoms with Crippen LogP contribution in [0.1, 0.15) is 19.8 Å². The van der Waals surface area contributed by atoms with Crippen LogP contribution in [0.2, 0.25) is 0 Å². The van der Waals surface area contributed by atoms with Gasteiger partial charge in [-0.1, -0.05) is 6.08 Å². The highest BCUT2D eigenvalue weighted by atomic mass is 32.2. The first-order chi connectivity index (χ1) is 10.3. The van der Waals surface area contributed by atoms with E-state index in [1.165, 1.54) is 0 Å². The molecule has 0 aromatic heterocycles. The molecule has 1 heterocycles. The van der Waals surface area contributed by atoms with Crippen LogP contribution >= 0.6 is 11.8 Å².